The van der Waals surface area contributed by atoms with Crippen molar-refractivity contribution in [3.63, 3.8) is 0 Å². The van der Waals surface area contributed by atoms with Crippen molar-refractivity contribution in [2.45, 2.75) is 30.3 Å². The summed E-state index contributed by atoms with van der Waals surface area (Å²) in [6.45, 7) is 0.125. The van der Waals surface area contributed by atoms with E-state index in [-0.39, 0.29) is 23.5 Å². The lowest BCUT2D eigenvalue weighted by Crippen LogP contribution is -2.43. The van der Waals surface area contributed by atoms with Crippen LogP contribution < -0.4 is 11.5 Å². The Balaban J connectivity index is 2.42. The number of nitrogens with two attached hydrogens (primary N) is 2. The van der Waals surface area contributed by atoms with E-state index in [1.54, 1.807) is 0 Å². The second-order valence-corrected chi connectivity index (χ2v) is 6.52. The molecule has 1 saturated heterocycles. The van der Waals surface area contributed by atoms with Crippen LogP contribution in [0.15, 0.2) is 23.1 Å². The highest BCUT2D eigenvalue weighted by atomic mass is 32.2. The summed E-state index contributed by atoms with van der Waals surface area (Å²) in [5, 5.41) is 0. The third-order valence-electron chi connectivity index (χ3n) is 3.38. The third kappa shape index (κ3) is 2.54. The van der Waals surface area contributed by atoms with Crippen LogP contribution in [-0.2, 0) is 21.4 Å². The van der Waals surface area contributed by atoms with E-state index >= 15 is 0 Å². The highest BCUT2D eigenvalue weighted by Crippen LogP contribution is 2.26. The fraction of sp³-hybridized carbons (Fsp3) is 0.417. The molecule has 1 aliphatic heterocycles. The number of benzene rings is 1. The van der Waals surface area contributed by atoms with E-state index in [9.17, 15) is 17.6 Å². The molecule has 0 radical (unpaired) electrons. The Morgan fingerprint density at radius 3 is 2.75 bits per heavy atom. The van der Waals surface area contributed by atoms with Gasteiger partial charge in [-0.15, -0.1) is 0 Å². The van der Waals surface area contributed by atoms with Crippen LogP contribution in [0.4, 0.5) is 4.39 Å². The minimum absolute atomic E-state index is 0.0764. The van der Waals surface area contributed by atoms with Crippen molar-refractivity contribution in [1.82, 2.24) is 4.31 Å². The van der Waals surface area contributed by atoms with E-state index in [1.807, 2.05) is 0 Å². The third-order valence-corrected chi connectivity index (χ3v) is 5.28. The summed E-state index contributed by atoms with van der Waals surface area (Å²) in [4.78, 5) is 11.2. The van der Waals surface area contributed by atoms with Gasteiger partial charge in [0.2, 0.25) is 15.9 Å². The van der Waals surface area contributed by atoms with Crippen molar-refractivity contribution in [3.05, 3.63) is 29.6 Å². The molecule has 1 fully saturated rings. The van der Waals surface area contributed by atoms with Gasteiger partial charge in [-0.05, 0) is 31.0 Å². The summed E-state index contributed by atoms with van der Waals surface area (Å²) in [5.41, 5.74) is 10.7. The van der Waals surface area contributed by atoms with Gasteiger partial charge in [0.1, 0.15) is 11.9 Å². The molecule has 1 aliphatic rings. The van der Waals surface area contributed by atoms with Gasteiger partial charge in [0, 0.05) is 18.7 Å². The molecule has 1 aromatic rings. The number of nitrogens with zero attached hydrogens (tertiary/aromatic N) is 1. The molecule has 1 aromatic carbocycles. The Kier molecular flexibility index (Phi) is 4.07. The maximum Gasteiger partial charge on any atom is 0.243 e. The van der Waals surface area contributed by atoms with E-state index in [0.29, 0.717) is 12.8 Å². The SMILES string of the molecule is NCc1cc(S(=O)(=O)N2CCCC2C(N)=O)ccc1F. The van der Waals surface area contributed by atoms with Crippen molar-refractivity contribution in [2.75, 3.05) is 6.54 Å². The number of amides is 1. The number of carbonyl (C=O) groups excluding carboxylic acids is 1. The number of sulfonamides is 1. The van der Waals surface area contributed by atoms with Crippen molar-refractivity contribution in [1.29, 1.82) is 0 Å². The van der Waals surface area contributed by atoms with Crippen LogP contribution in [-0.4, -0.2) is 31.2 Å². The first-order valence-electron chi connectivity index (χ1n) is 6.17. The minimum Gasteiger partial charge on any atom is -0.368 e. The van der Waals surface area contributed by atoms with Gasteiger partial charge in [0.15, 0.2) is 0 Å². The van der Waals surface area contributed by atoms with Gasteiger partial charge in [-0.3, -0.25) is 4.79 Å². The first-order valence-corrected chi connectivity index (χ1v) is 7.61. The molecule has 1 amide bonds. The predicted octanol–water partition coefficient (Wildman–Crippen LogP) is -0.0772. The van der Waals surface area contributed by atoms with Gasteiger partial charge in [-0.25, -0.2) is 12.8 Å². The van der Waals surface area contributed by atoms with Crippen LogP contribution in [0.5, 0.6) is 0 Å². The van der Waals surface area contributed by atoms with E-state index in [1.165, 1.54) is 12.1 Å². The number of carbonyl (C=O) groups is 1. The lowest BCUT2D eigenvalue weighted by molar-refractivity contribution is -0.121. The second-order valence-electron chi connectivity index (χ2n) is 4.63. The largest absolute Gasteiger partial charge is 0.368 e. The molecule has 1 unspecified atom stereocenters. The zero-order chi connectivity index (χ0) is 14.9. The molecule has 0 aliphatic carbocycles. The Morgan fingerprint density at radius 2 is 2.15 bits per heavy atom. The van der Waals surface area contributed by atoms with Gasteiger partial charge < -0.3 is 11.5 Å². The Bertz CT molecular complexity index is 633. The van der Waals surface area contributed by atoms with Crippen LogP contribution in [0.3, 0.4) is 0 Å². The topological polar surface area (TPSA) is 106 Å². The molecular formula is C12H16FN3O3S. The molecule has 20 heavy (non-hydrogen) atoms. The minimum atomic E-state index is -3.87. The Morgan fingerprint density at radius 1 is 1.45 bits per heavy atom. The standard InChI is InChI=1S/C12H16FN3O3S/c13-10-4-3-9(6-8(10)7-14)20(18,19)16-5-1-2-11(16)12(15)17/h3-4,6,11H,1-2,5,7,14H2,(H2,15,17). The van der Waals surface area contributed by atoms with Gasteiger partial charge in [-0.2, -0.15) is 4.31 Å². The summed E-state index contributed by atoms with van der Waals surface area (Å²) in [6, 6.07) is 2.58. The zero-order valence-corrected chi connectivity index (χ0v) is 11.6. The fourth-order valence-corrected chi connectivity index (χ4v) is 4.03. The molecule has 0 saturated carbocycles. The van der Waals surface area contributed by atoms with Gasteiger partial charge >= 0.3 is 0 Å². The average molecular weight is 301 g/mol. The quantitative estimate of drug-likeness (QED) is 0.811. The number of hydrogen-bond donors (Lipinski definition) is 2. The van der Waals surface area contributed by atoms with E-state index in [2.05, 4.69) is 0 Å². The number of halogens is 1. The van der Waals surface area contributed by atoms with E-state index < -0.39 is 27.8 Å². The van der Waals surface area contributed by atoms with Crippen molar-refractivity contribution in [2.24, 2.45) is 11.5 Å². The summed E-state index contributed by atoms with van der Waals surface area (Å²) in [7, 11) is -3.87. The van der Waals surface area contributed by atoms with E-state index in [0.717, 1.165) is 10.4 Å². The number of primary amides is 1. The molecular weight excluding hydrogens is 285 g/mol. The maximum atomic E-state index is 13.4. The van der Waals surface area contributed by atoms with Crippen molar-refractivity contribution < 1.29 is 17.6 Å². The Hall–Kier alpha value is -1.51. The lowest BCUT2D eigenvalue weighted by Gasteiger charge is -2.22. The normalized spacial score (nSPS) is 20.2. The van der Waals surface area contributed by atoms with Crippen LogP contribution in [0, 0.1) is 5.82 Å². The number of hydrogen-bond acceptors (Lipinski definition) is 4. The zero-order valence-electron chi connectivity index (χ0n) is 10.8. The molecule has 1 atom stereocenters. The van der Waals surface area contributed by atoms with Gasteiger partial charge in [0.25, 0.3) is 0 Å². The monoisotopic (exact) mass is 301 g/mol. The van der Waals surface area contributed by atoms with Crippen LogP contribution in [0.2, 0.25) is 0 Å². The molecule has 110 valence electrons. The Labute approximate surface area is 116 Å². The summed E-state index contributed by atoms with van der Waals surface area (Å²) in [6.07, 6.45) is 0.970. The highest BCUT2D eigenvalue weighted by molar-refractivity contribution is 7.89. The summed E-state index contributed by atoms with van der Waals surface area (Å²) in [5.74, 6) is -1.23. The molecule has 2 rings (SSSR count). The van der Waals surface area contributed by atoms with Crippen LogP contribution in [0.25, 0.3) is 0 Å². The molecule has 8 heteroatoms. The lowest BCUT2D eigenvalue weighted by atomic mass is 10.2. The smallest absolute Gasteiger partial charge is 0.243 e. The summed E-state index contributed by atoms with van der Waals surface area (Å²) >= 11 is 0. The molecule has 0 aromatic heterocycles. The van der Waals surface area contributed by atoms with Crippen molar-refractivity contribution >= 4 is 15.9 Å². The molecule has 4 N–H and O–H groups in total. The fourth-order valence-electron chi connectivity index (χ4n) is 2.32. The molecule has 0 bridgehead atoms. The first-order chi connectivity index (χ1) is 9.37. The maximum absolute atomic E-state index is 13.4. The van der Waals surface area contributed by atoms with Gasteiger partial charge in [0.05, 0.1) is 4.90 Å². The molecule has 1 heterocycles. The van der Waals surface area contributed by atoms with Crippen LogP contribution in [0.1, 0.15) is 18.4 Å². The second kappa shape index (κ2) is 5.47. The number of rotatable bonds is 4. The summed E-state index contributed by atoms with van der Waals surface area (Å²) < 4.78 is 39.4. The molecule has 6 nitrogen and oxygen atoms in total. The van der Waals surface area contributed by atoms with Crippen LogP contribution >= 0.6 is 0 Å². The first kappa shape index (κ1) is 14.9. The van der Waals surface area contributed by atoms with Gasteiger partial charge in [-0.1, -0.05) is 0 Å². The van der Waals surface area contributed by atoms with E-state index in [4.69, 9.17) is 11.5 Å². The van der Waals surface area contributed by atoms with Crippen molar-refractivity contribution in [3.8, 4) is 0 Å². The predicted molar refractivity (Wildman–Crippen MR) is 70.4 cm³/mol. The molecule has 0 spiro atoms. The highest BCUT2D eigenvalue weighted by Gasteiger charge is 2.38. The average Bonchev–Trinajstić information content (AvgIpc) is 2.89.